The van der Waals surface area contributed by atoms with Crippen molar-refractivity contribution in [2.75, 3.05) is 30.1 Å². The molecule has 3 N–H and O–H groups in total. The number of hydrogen-bond acceptors (Lipinski definition) is 9. The molecule has 1 heterocycles. The largest absolute Gasteiger partial charge is 0.505 e. The molecule has 3 aromatic carbocycles. The maximum atomic E-state index is 13.1. The quantitative estimate of drug-likeness (QED) is 0.173. The first-order valence-corrected chi connectivity index (χ1v) is 13.7. The van der Waals surface area contributed by atoms with Gasteiger partial charge in [0, 0.05) is 11.5 Å². The van der Waals surface area contributed by atoms with Gasteiger partial charge in [0.25, 0.3) is 0 Å². The number of esters is 1. The molecular formula is C32H35N5O5. The molecule has 0 aliphatic carbocycles. The van der Waals surface area contributed by atoms with E-state index in [1.54, 1.807) is 39.0 Å². The molecule has 42 heavy (non-hydrogen) atoms. The molecular weight excluding hydrogens is 534 g/mol. The van der Waals surface area contributed by atoms with Gasteiger partial charge in [-0.2, -0.15) is 15.2 Å². The van der Waals surface area contributed by atoms with Crippen LogP contribution in [0.1, 0.15) is 43.4 Å². The van der Waals surface area contributed by atoms with Crippen LogP contribution in [-0.4, -0.2) is 53.9 Å². The molecule has 0 saturated heterocycles. The highest BCUT2D eigenvalue weighted by molar-refractivity contribution is 6.71. The van der Waals surface area contributed by atoms with E-state index in [2.05, 4.69) is 20.9 Å². The molecule has 10 heteroatoms. The summed E-state index contributed by atoms with van der Waals surface area (Å²) in [5.41, 5.74) is 8.69. The molecule has 3 aromatic rings. The van der Waals surface area contributed by atoms with E-state index in [-0.39, 0.29) is 42.2 Å². The summed E-state index contributed by atoms with van der Waals surface area (Å²) in [7, 11) is 0. The first kappa shape index (κ1) is 30.1. The smallest absolute Gasteiger partial charge is 0.319 e. The number of carbonyl (C=O) groups excluding carboxylic acids is 3. The van der Waals surface area contributed by atoms with Gasteiger partial charge >= 0.3 is 11.9 Å². The monoisotopic (exact) mass is 569 g/mol. The van der Waals surface area contributed by atoms with Gasteiger partial charge in [0.2, 0.25) is 0 Å². The van der Waals surface area contributed by atoms with Gasteiger partial charge in [0.15, 0.2) is 11.5 Å². The van der Waals surface area contributed by atoms with Gasteiger partial charge in [-0.15, -0.1) is 0 Å². The number of ether oxygens (including phenoxy) is 1. The van der Waals surface area contributed by atoms with Gasteiger partial charge < -0.3 is 15.2 Å². The van der Waals surface area contributed by atoms with Crippen molar-refractivity contribution in [1.82, 2.24) is 5.32 Å². The van der Waals surface area contributed by atoms with Gasteiger partial charge in [-0.25, -0.2) is 0 Å². The molecule has 218 valence electrons. The van der Waals surface area contributed by atoms with Crippen LogP contribution in [0.5, 0.6) is 5.75 Å². The molecule has 4 rings (SSSR count). The number of aromatic hydroxyl groups is 1. The zero-order chi connectivity index (χ0) is 30.4. The van der Waals surface area contributed by atoms with E-state index in [1.807, 2.05) is 56.3 Å². The molecule has 0 fully saturated rings. The molecule has 0 bridgehead atoms. The molecule has 1 aliphatic rings. The molecule has 1 amide bonds. The normalized spacial score (nSPS) is 14.6. The minimum atomic E-state index is -0.400. The van der Waals surface area contributed by atoms with E-state index < -0.39 is 5.97 Å². The number of carbonyl (C=O) groups is 3. The van der Waals surface area contributed by atoms with Gasteiger partial charge in [-0.3, -0.25) is 19.8 Å². The Bertz CT molecular complexity index is 1560. The van der Waals surface area contributed by atoms with E-state index in [1.165, 1.54) is 5.01 Å². The molecule has 0 spiro atoms. The number of nitrogens with one attached hydrogen (secondary N) is 2. The number of anilines is 2. The van der Waals surface area contributed by atoms with Crippen LogP contribution in [0.4, 0.5) is 11.4 Å². The number of Topliss-reactive ketones (excluding diaryl/α,β-unsaturated/α-hetero) is 1. The number of phenols is 1. The van der Waals surface area contributed by atoms with Crippen LogP contribution in [0, 0.1) is 13.8 Å². The molecule has 0 saturated carbocycles. The summed E-state index contributed by atoms with van der Waals surface area (Å²) in [5.74, 6) is -1.25. The Morgan fingerprint density at radius 3 is 2.45 bits per heavy atom. The topological polar surface area (TPSA) is 133 Å². The molecule has 0 radical (unpaired) electrons. The van der Waals surface area contributed by atoms with Crippen LogP contribution in [-0.2, 0) is 19.1 Å². The van der Waals surface area contributed by atoms with Crippen molar-refractivity contribution in [3.63, 3.8) is 0 Å². The maximum Gasteiger partial charge on any atom is 0.319 e. The van der Waals surface area contributed by atoms with E-state index in [4.69, 9.17) is 4.74 Å². The van der Waals surface area contributed by atoms with Crippen LogP contribution in [0.2, 0.25) is 0 Å². The van der Waals surface area contributed by atoms with E-state index in [9.17, 15) is 19.5 Å². The number of nitrogens with zero attached hydrogens (tertiary/aromatic N) is 3. The second-order valence-corrected chi connectivity index (χ2v) is 10.1. The highest BCUT2D eigenvalue weighted by atomic mass is 16.5. The van der Waals surface area contributed by atoms with E-state index in [0.29, 0.717) is 29.3 Å². The van der Waals surface area contributed by atoms with Gasteiger partial charge in [-0.1, -0.05) is 49.4 Å². The number of hydrazone groups is 2. The summed E-state index contributed by atoms with van der Waals surface area (Å²) in [6.07, 6.45) is 0. The summed E-state index contributed by atoms with van der Waals surface area (Å²) in [6.45, 7) is 9.54. The third-order valence-electron chi connectivity index (χ3n) is 7.13. The number of ketones is 1. The van der Waals surface area contributed by atoms with Crippen molar-refractivity contribution in [1.29, 1.82) is 0 Å². The highest BCUT2D eigenvalue weighted by Crippen LogP contribution is 2.36. The predicted molar refractivity (Wildman–Crippen MR) is 164 cm³/mol. The number of phenolic OH excluding ortho intramolecular Hbond substituents is 1. The highest BCUT2D eigenvalue weighted by Gasteiger charge is 2.31. The summed E-state index contributed by atoms with van der Waals surface area (Å²) in [4.78, 5) is 37.1. The molecule has 1 atom stereocenters. The first-order chi connectivity index (χ1) is 20.1. The van der Waals surface area contributed by atoms with Crippen molar-refractivity contribution in [3.8, 4) is 16.9 Å². The zero-order valence-electron chi connectivity index (χ0n) is 24.4. The minimum Gasteiger partial charge on any atom is -0.505 e. The summed E-state index contributed by atoms with van der Waals surface area (Å²) < 4.78 is 4.85. The number of rotatable bonds is 11. The maximum absolute atomic E-state index is 13.1. The Balaban J connectivity index is 1.44. The molecule has 0 aromatic heterocycles. The van der Waals surface area contributed by atoms with Crippen molar-refractivity contribution in [2.45, 2.75) is 40.5 Å². The van der Waals surface area contributed by atoms with Gasteiger partial charge in [-0.05, 0) is 68.1 Å². The fourth-order valence-corrected chi connectivity index (χ4v) is 4.43. The number of para-hydroxylation sites is 1. The minimum absolute atomic E-state index is 0.0222. The van der Waals surface area contributed by atoms with E-state index >= 15 is 0 Å². The molecule has 10 nitrogen and oxygen atoms in total. The van der Waals surface area contributed by atoms with Crippen molar-refractivity contribution < 1.29 is 24.2 Å². The van der Waals surface area contributed by atoms with Crippen LogP contribution < -0.4 is 15.8 Å². The molecule has 1 aliphatic heterocycles. The summed E-state index contributed by atoms with van der Waals surface area (Å²) >= 11 is 0. The van der Waals surface area contributed by atoms with Crippen molar-refractivity contribution >= 4 is 40.5 Å². The lowest BCUT2D eigenvalue weighted by atomic mass is 9.94. The van der Waals surface area contributed by atoms with Gasteiger partial charge in [0.1, 0.15) is 5.75 Å². The average molecular weight is 570 g/mol. The van der Waals surface area contributed by atoms with Crippen LogP contribution >= 0.6 is 0 Å². The zero-order valence-corrected chi connectivity index (χ0v) is 24.4. The van der Waals surface area contributed by atoms with Crippen molar-refractivity contribution in [3.05, 3.63) is 77.4 Å². The van der Waals surface area contributed by atoms with Gasteiger partial charge in [0.05, 0.1) is 36.8 Å². The van der Waals surface area contributed by atoms with Crippen LogP contribution in [0.25, 0.3) is 11.1 Å². The fourth-order valence-electron chi connectivity index (χ4n) is 4.43. The summed E-state index contributed by atoms with van der Waals surface area (Å²) in [5, 5.41) is 23.8. The number of amides is 1. The summed E-state index contributed by atoms with van der Waals surface area (Å²) in [6, 6.07) is 18.2. The Labute approximate surface area is 245 Å². The number of benzene rings is 3. The average Bonchev–Trinajstić information content (AvgIpc) is 3.26. The Hall–Kier alpha value is -4.83. The Morgan fingerprint density at radius 2 is 1.76 bits per heavy atom. The predicted octanol–water partition coefficient (Wildman–Crippen LogP) is 4.69. The molecule has 1 unspecified atom stereocenters. The van der Waals surface area contributed by atoms with Crippen molar-refractivity contribution in [2.24, 2.45) is 10.2 Å². The Kier molecular flexibility index (Phi) is 9.49. The number of hydrogen-bond donors (Lipinski definition) is 3. The van der Waals surface area contributed by atoms with Crippen LogP contribution in [0.3, 0.4) is 0 Å². The lowest BCUT2D eigenvalue weighted by Gasteiger charge is -2.14. The second kappa shape index (κ2) is 13.2. The third kappa shape index (κ3) is 6.72. The SMILES string of the molecule is CCOC(=O)CNCC(=O)C(C)c1ccc(-c2cccc(N/N=C3\C(=O)N(c4ccc(C)c(C)c4)N=C3C)c2O)cc1. The standard InChI is InChI=1S/C32H35N5O5/c1-6-42-29(39)18-33-17-28(38)21(4)23-11-13-24(14-12-23)26-8-7-9-27(31(26)40)34-35-30-22(5)36-37(32(30)41)25-15-10-19(2)20(3)16-25/h7-16,21,33-34,40H,6,17-18H2,1-5H3/b35-30-. The lowest BCUT2D eigenvalue weighted by molar-refractivity contribution is -0.142. The first-order valence-electron chi connectivity index (χ1n) is 13.7. The lowest BCUT2D eigenvalue weighted by Crippen LogP contribution is -2.31. The third-order valence-corrected chi connectivity index (χ3v) is 7.13. The second-order valence-electron chi connectivity index (χ2n) is 10.1. The fraction of sp³-hybridized carbons (Fsp3) is 0.281. The number of aryl methyl sites for hydroxylation is 2. The Morgan fingerprint density at radius 1 is 1.02 bits per heavy atom. The van der Waals surface area contributed by atoms with Crippen LogP contribution in [0.15, 0.2) is 70.9 Å². The van der Waals surface area contributed by atoms with E-state index in [0.717, 1.165) is 22.3 Å².